The minimum atomic E-state index is -0.0617. The molecule has 4 rings (SSSR count). The van der Waals surface area contributed by atoms with Crippen LogP contribution < -0.4 is 0 Å². The lowest BCUT2D eigenvalue weighted by molar-refractivity contribution is 0.0367. The van der Waals surface area contributed by atoms with Crippen LogP contribution in [-0.4, -0.2) is 66.6 Å². The highest BCUT2D eigenvalue weighted by atomic mass is 16.5. The number of tetrazole rings is 1. The maximum Gasteiger partial charge on any atom is 0.253 e. The van der Waals surface area contributed by atoms with Crippen molar-refractivity contribution in [3.63, 3.8) is 0 Å². The van der Waals surface area contributed by atoms with Crippen molar-refractivity contribution in [3.05, 3.63) is 59.7 Å². The monoisotopic (exact) mass is 381 g/mol. The quantitative estimate of drug-likeness (QED) is 0.659. The number of aryl methyl sites for hydroxylation is 1. The van der Waals surface area contributed by atoms with Gasteiger partial charge in [-0.3, -0.25) is 9.48 Å². The van der Waals surface area contributed by atoms with E-state index in [4.69, 9.17) is 4.74 Å². The van der Waals surface area contributed by atoms with Gasteiger partial charge in [0.1, 0.15) is 5.82 Å². The summed E-state index contributed by atoms with van der Waals surface area (Å²) in [5, 5.41) is 15.7. The van der Waals surface area contributed by atoms with E-state index >= 15 is 0 Å². The van der Waals surface area contributed by atoms with E-state index in [1.54, 1.807) is 10.9 Å². The molecule has 146 valence electrons. The first-order valence-electron chi connectivity index (χ1n) is 9.39. The van der Waals surface area contributed by atoms with Gasteiger partial charge >= 0.3 is 0 Å². The standard InChI is InChI=1S/C19H23N7O2/c1-15-21-22-23-26(15)12-16-4-6-17(7-5-16)19(27)24-9-3-11-28-18(13-24)14-25-10-2-8-20-25/h2,4-8,10,18H,3,9,11-14H2,1H3/t18-/m1/s1. The third kappa shape index (κ3) is 4.25. The summed E-state index contributed by atoms with van der Waals surface area (Å²) in [5.41, 5.74) is 1.72. The third-order valence-electron chi connectivity index (χ3n) is 4.83. The molecular weight excluding hydrogens is 358 g/mol. The molecule has 0 spiro atoms. The summed E-state index contributed by atoms with van der Waals surface area (Å²) >= 11 is 0. The Balaban J connectivity index is 1.41. The van der Waals surface area contributed by atoms with Crippen molar-refractivity contribution in [2.24, 2.45) is 0 Å². The lowest BCUT2D eigenvalue weighted by Gasteiger charge is -2.24. The maximum absolute atomic E-state index is 13.0. The van der Waals surface area contributed by atoms with Crippen LogP contribution >= 0.6 is 0 Å². The molecule has 1 aliphatic heterocycles. The topological polar surface area (TPSA) is 91.0 Å². The van der Waals surface area contributed by atoms with Crippen LogP contribution in [0, 0.1) is 6.92 Å². The van der Waals surface area contributed by atoms with E-state index in [9.17, 15) is 4.79 Å². The fraction of sp³-hybridized carbons (Fsp3) is 0.421. The van der Waals surface area contributed by atoms with Gasteiger partial charge in [-0.25, -0.2) is 4.68 Å². The van der Waals surface area contributed by atoms with Gasteiger partial charge in [0.2, 0.25) is 0 Å². The average Bonchev–Trinajstić information content (AvgIpc) is 3.29. The first-order chi connectivity index (χ1) is 13.7. The van der Waals surface area contributed by atoms with E-state index in [1.165, 1.54) is 0 Å². The normalized spacial score (nSPS) is 17.5. The van der Waals surface area contributed by atoms with Crippen molar-refractivity contribution in [1.29, 1.82) is 0 Å². The number of hydrogen-bond donors (Lipinski definition) is 0. The average molecular weight is 381 g/mol. The molecule has 3 aromatic rings. The van der Waals surface area contributed by atoms with Gasteiger partial charge in [-0.05, 0) is 47.5 Å². The summed E-state index contributed by atoms with van der Waals surface area (Å²) in [6.45, 7) is 4.99. The fourth-order valence-corrected chi connectivity index (χ4v) is 3.31. The molecule has 28 heavy (non-hydrogen) atoms. The van der Waals surface area contributed by atoms with Gasteiger partial charge in [0, 0.05) is 37.7 Å². The zero-order chi connectivity index (χ0) is 19.3. The Labute approximate surface area is 162 Å². The van der Waals surface area contributed by atoms with E-state index in [0.29, 0.717) is 38.3 Å². The van der Waals surface area contributed by atoms with E-state index in [-0.39, 0.29) is 12.0 Å². The molecule has 1 saturated heterocycles. The summed E-state index contributed by atoms with van der Waals surface area (Å²) in [7, 11) is 0. The number of amides is 1. The van der Waals surface area contributed by atoms with Crippen LogP contribution in [-0.2, 0) is 17.8 Å². The molecule has 1 aliphatic rings. The maximum atomic E-state index is 13.0. The lowest BCUT2D eigenvalue weighted by atomic mass is 10.1. The van der Waals surface area contributed by atoms with Crippen LogP contribution in [0.4, 0.5) is 0 Å². The van der Waals surface area contributed by atoms with Gasteiger partial charge < -0.3 is 9.64 Å². The number of carbonyl (C=O) groups is 1. The van der Waals surface area contributed by atoms with Gasteiger partial charge in [0.15, 0.2) is 0 Å². The Kier molecular flexibility index (Phi) is 5.43. The van der Waals surface area contributed by atoms with Crippen LogP contribution in [0.2, 0.25) is 0 Å². The third-order valence-corrected chi connectivity index (χ3v) is 4.83. The summed E-state index contributed by atoms with van der Waals surface area (Å²) < 4.78 is 9.47. The van der Waals surface area contributed by atoms with Crippen molar-refractivity contribution in [2.75, 3.05) is 19.7 Å². The first-order valence-corrected chi connectivity index (χ1v) is 9.39. The molecule has 9 nitrogen and oxygen atoms in total. The Morgan fingerprint density at radius 1 is 1.29 bits per heavy atom. The van der Waals surface area contributed by atoms with Crippen LogP contribution in [0.1, 0.15) is 28.2 Å². The van der Waals surface area contributed by atoms with Crippen molar-refractivity contribution in [3.8, 4) is 0 Å². The van der Waals surface area contributed by atoms with Gasteiger partial charge in [0.05, 0.1) is 19.2 Å². The minimum Gasteiger partial charge on any atom is -0.374 e. The molecule has 1 atom stereocenters. The van der Waals surface area contributed by atoms with Crippen molar-refractivity contribution in [1.82, 2.24) is 34.9 Å². The number of benzene rings is 1. The number of aromatic nitrogens is 6. The Morgan fingerprint density at radius 2 is 2.14 bits per heavy atom. The number of hydrogen-bond acceptors (Lipinski definition) is 6. The van der Waals surface area contributed by atoms with Gasteiger partial charge in [0.25, 0.3) is 5.91 Å². The molecule has 9 heteroatoms. The number of rotatable bonds is 5. The Bertz CT molecular complexity index is 905. The van der Waals surface area contributed by atoms with E-state index < -0.39 is 0 Å². The molecule has 1 aromatic carbocycles. The van der Waals surface area contributed by atoms with Crippen molar-refractivity contribution >= 4 is 5.91 Å². The zero-order valence-corrected chi connectivity index (χ0v) is 15.8. The molecule has 0 bridgehead atoms. The van der Waals surface area contributed by atoms with Crippen LogP contribution in [0.5, 0.6) is 0 Å². The molecule has 0 N–H and O–H groups in total. The molecule has 2 aromatic heterocycles. The second-order valence-corrected chi connectivity index (χ2v) is 6.91. The highest BCUT2D eigenvalue weighted by Crippen LogP contribution is 2.14. The first kappa shape index (κ1) is 18.3. The molecule has 0 aliphatic carbocycles. The van der Waals surface area contributed by atoms with Gasteiger partial charge in [-0.2, -0.15) is 5.10 Å². The summed E-state index contributed by atoms with van der Waals surface area (Å²) in [6, 6.07) is 9.52. The molecule has 1 amide bonds. The van der Waals surface area contributed by atoms with E-state index in [0.717, 1.165) is 17.8 Å². The van der Waals surface area contributed by atoms with E-state index in [2.05, 4.69) is 20.6 Å². The van der Waals surface area contributed by atoms with Gasteiger partial charge in [-0.15, -0.1) is 5.10 Å². The molecular formula is C19H23N7O2. The number of nitrogens with zero attached hydrogens (tertiary/aromatic N) is 7. The second kappa shape index (κ2) is 8.30. The molecule has 3 heterocycles. The second-order valence-electron chi connectivity index (χ2n) is 6.91. The Morgan fingerprint density at radius 3 is 2.86 bits per heavy atom. The van der Waals surface area contributed by atoms with Crippen LogP contribution in [0.15, 0.2) is 42.7 Å². The summed E-state index contributed by atoms with van der Waals surface area (Å²) in [6.07, 6.45) is 4.43. The molecule has 0 unspecified atom stereocenters. The molecule has 0 saturated carbocycles. The van der Waals surface area contributed by atoms with Crippen molar-refractivity contribution in [2.45, 2.75) is 32.5 Å². The zero-order valence-electron chi connectivity index (χ0n) is 15.8. The smallest absolute Gasteiger partial charge is 0.253 e. The van der Waals surface area contributed by atoms with E-state index in [1.807, 2.05) is 53.0 Å². The lowest BCUT2D eigenvalue weighted by Crippen LogP contribution is -2.38. The van der Waals surface area contributed by atoms with Crippen LogP contribution in [0.3, 0.4) is 0 Å². The summed E-state index contributed by atoms with van der Waals surface area (Å²) in [4.78, 5) is 14.9. The summed E-state index contributed by atoms with van der Waals surface area (Å²) in [5.74, 6) is 0.786. The largest absolute Gasteiger partial charge is 0.374 e. The van der Waals surface area contributed by atoms with Gasteiger partial charge in [-0.1, -0.05) is 12.1 Å². The Hall–Kier alpha value is -3.07. The molecule has 0 radical (unpaired) electrons. The number of carbonyl (C=O) groups excluding carboxylic acids is 1. The molecule has 1 fully saturated rings. The highest BCUT2D eigenvalue weighted by Gasteiger charge is 2.24. The fourth-order valence-electron chi connectivity index (χ4n) is 3.31. The SMILES string of the molecule is Cc1nnnn1Cc1ccc(C(=O)N2CCCO[C@@H](Cn3cccn3)C2)cc1. The predicted molar refractivity (Wildman–Crippen MR) is 101 cm³/mol. The highest BCUT2D eigenvalue weighted by molar-refractivity contribution is 5.94. The number of ether oxygens (including phenoxy) is 1. The van der Waals surface area contributed by atoms with Crippen molar-refractivity contribution < 1.29 is 9.53 Å². The predicted octanol–water partition coefficient (Wildman–Crippen LogP) is 1.16. The minimum absolute atomic E-state index is 0.0288. The van der Waals surface area contributed by atoms with Crippen LogP contribution in [0.25, 0.3) is 0 Å².